The van der Waals surface area contributed by atoms with Crippen molar-refractivity contribution < 1.29 is 23.7 Å². The highest BCUT2D eigenvalue weighted by atomic mass is 16.7. The van der Waals surface area contributed by atoms with Gasteiger partial charge in [-0.2, -0.15) is 0 Å². The molecule has 0 unspecified atom stereocenters. The van der Waals surface area contributed by atoms with E-state index < -0.39 is 5.79 Å². The van der Waals surface area contributed by atoms with Crippen molar-refractivity contribution in [1.29, 1.82) is 0 Å². The molecule has 2 aromatic carbocycles. The molecular weight excluding hydrogens is 356 g/mol. The van der Waals surface area contributed by atoms with Crippen molar-refractivity contribution in [2.45, 2.75) is 46.5 Å². The van der Waals surface area contributed by atoms with E-state index in [1.165, 1.54) is 7.11 Å². The third-order valence-electron chi connectivity index (χ3n) is 5.04. The number of benzene rings is 2. The fourth-order valence-electron chi connectivity index (χ4n) is 3.52. The Bertz CT molecular complexity index is 885. The zero-order valence-corrected chi connectivity index (χ0v) is 17.4. The van der Waals surface area contributed by atoms with Gasteiger partial charge in [-0.3, -0.25) is 0 Å². The van der Waals surface area contributed by atoms with E-state index >= 15 is 0 Å². The molecule has 0 aromatic heterocycles. The van der Waals surface area contributed by atoms with Gasteiger partial charge in [-0.1, -0.05) is 12.1 Å². The molecule has 1 atom stereocenters. The molecule has 1 aliphatic heterocycles. The minimum atomic E-state index is -0.551. The van der Waals surface area contributed by atoms with Crippen LogP contribution in [0.15, 0.2) is 30.3 Å². The number of rotatable bonds is 5. The first-order valence-electron chi connectivity index (χ1n) is 9.46. The molecule has 0 bridgehead atoms. The van der Waals surface area contributed by atoms with E-state index in [1.807, 2.05) is 52.8 Å². The minimum Gasteiger partial charge on any atom is -0.491 e. The fraction of sp³-hybridized carbons (Fsp3) is 0.435. The average molecular weight is 384 g/mol. The first-order valence-corrected chi connectivity index (χ1v) is 9.46. The molecule has 0 amide bonds. The van der Waals surface area contributed by atoms with Gasteiger partial charge >= 0.3 is 5.97 Å². The van der Waals surface area contributed by atoms with Gasteiger partial charge in [0.15, 0.2) is 5.79 Å². The Kier molecular flexibility index (Phi) is 5.77. The van der Waals surface area contributed by atoms with E-state index in [9.17, 15) is 4.79 Å². The number of aryl methyl sites for hydroxylation is 2. The quantitative estimate of drug-likeness (QED) is 0.706. The van der Waals surface area contributed by atoms with Crippen LogP contribution in [-0.4, -0.2) is 38.2 Å². The largest absolute Gasteiger partial charge is 0.491 e. The first kappa shape index (κ1) is 20.4. The van der Waals surface area contributed by atoms with Crippen LogP contribution in [0.5, 0.6) is 5.75 Å². The van der Waals surface area contributed by atoms with Crippen LogP contribution in [0.1, 0.15) is 40.9 Å². The molecule has 5 nitrogen and oxygen atoms in total. The summed E-state index contributed by atoms with van der Waals surface area (Å²) < 4.78 is 22.3. The first-order chi connectivity index (χ1) is 13.2. The summed E-state index contributed by atoms with van der Waals surface area (Å²) in [5.41, 5.74) is 5.69. The number of carbonyl (C=O) groups is 1. The molecular formula is C23H28O5. The molecule has 1 aliphatic rings. The zero-order chi connectivity index (χ0) is 20.5. The van der Waals surface area contributed by atoms with Crippen molar-refractivity contribution in [3.05, 3.63) is 52.6 Å². The monoisotopic (exact) mass is 384 g/mol. The van der Waals surface area contributed by atoms with Gasteiger partial charge in [-0.15, -0.1) is 0 Å². The molecule has 0 radical (unpaired) electrons. The van der Waals surface area contributed by atoms with Crippen LogP contribution in [0.25, 0.3) is 11.1 Å². The maximum atomic E-state index is 12.0. The Balaban J connectivity index is 1.84. The van der Waals surface area contributed by atoms with Gasteiger partial charge in [-0.25, -0.2) is 4.79 Å². The standard InChI is InChI=1S/C23H28O5/c1-14-11-21(26-12-17-13-27-23(4,5)28-17)15(2)10-20(14)18-8-7-9-19(16(18)3)22(24)25-6/h7-11,17H,12-13H2,1-6H3/t17-/m1/s1. The smallest absolute Gasteiger partial charge is 0.338 e. The molecule has 0 aliphatic carbocycles. The van der Waals surface area contributed by atoms with Gasteiger partial charge < -0.3 is 18.9 Å². The predicted molar refractivity (Wildman–Crippen MR) is 108 cm³/mol. The average Bonchev–Trinajstić information content (AvgIpc) is 3.00. The number of ether oxygens (including phenoxy) is 4. The van der Waals surface area contributed by atoms with Crippen molar-refractivity contribution in [3.8, 4) is 16.9 Å². The molecule has 0 saturated carbocycles. The normalized spacial score (nSPS) is 18.1. The van der Waals surface area contributed by atoms with Crippen LogP contribution in [0.4, 0.5) is 0 Å². The van der Waals surface area contributed by atoms with Crippen molar-refractivity contribution in [2.24, 2.45) is 0 Å². The van der Waals surface area contributed by atoms with Gasteiger partial charge in [-0.05, 0) is 80.6 Å². The lowest BCUT2D eigenvalue weighted by molar-refractivity contribution is -0.141. The second-order valence-electron chi connectivity index (χ2n) is 7.66. The molecule has 150 valence electrons. The van der Waals surface area contributed by atoms with Crippen LogP contribution < -0.4 is 4.74 Å². The SMILES string of the molecule is COC(=O)c1cccc(-c2cc(C)c(OC[C@@H]3COC(C)(C)O3)cc2C)c1C. The highest BCUT2D eigenvalue weighted by Crippen LogP contribution is 2.33. The van der Waals surface area contributed by atoms with Gasteiger partial charge in [0, 0.05) is 0 Å². The highest BCUT2D eigenvalue weighted by molar-refractivity contribution is 5.93. The number of hydrogen-bond acceptors (Lipinski definition) is 5. The minimum absolute atomic E-state index is 0.0756. The molecule has 1 saturated heterocycles. The van der Waals surface area contributed by atoms with Crippen molar-refractivity contribution >= 4 is 5.97 Å². The summed E-state index contributed by atoms with van der Waals surface area (Å²) in [6, 6.07) is 9.83. The van der Waals surface area contributed by atoms with E-state index in [-0.39, 0.29) is 12.1 Å². The Morgan fingerprint density at radius 3 is 2.54 bits per heavy atom. The zero-order valence-electron chi connectivity index (χ0n) is 17.4. The van der Waals surface area contributed by atoms with Crippen molar-refractivity contribution in [1.82, 2.24) is 0 Å². The summed E-state index contributed by atoms with van der Waals surface area (Å²) in [6.07, 6.45) is -0.0756. The van der Waals surface area contributed by atoms with Gasteiger partial charge in [0.1, 0.15) is 18.5 Å². The molecule has 1 fully saturated rings. The Morgan fingerprint density at radius 1 is 1.14 bits per heavy atom. The lowest BCUT2D eigenvalue weighted by Gasteiger charge is -2.19. The number of esters is 1. The lowest BCUT2D eigenvalue weighted by Crippen LogP contribution is -2.25. The van der Waals surface area contributed by atoms with Crippen LogP contribution in [0, 0.1) is 20.8 Å². The van der Waals surface area contributed by atoms with E-state index in [0.717, 1.165) is 33.6 Å². The van der Waals surface area contributed by atoms with E-state index in [2.05, 4.69) is 6.07 Å². The van der Waals surface area contributed by atoms with Crippen LogP contribution in [0.3, 0.4) is 0 Å². The Hall–Kier alpha value is -2.37. The summed E-state index contributed by atoms with van der Waals surface area (Å²) >= 11 is 0. The topological polar surface area (TPSA) is 54.0 Å². The molecule has 28 heavy (non-hydrogen) atoms. The molecule has 0 N–H and O–H groups in total. The highest BCUT2D eigenvalue weighted by Gasteiger charge is 2.33. The third-order valence-corrected chi connectivity index (χ3v) is 5.04. The van der Waals surface area contributed by atoms with E-state index in [4.69, 9.17) is 18.9 Å². The van der Waals surface area contributed by atoms with Crippen LogP contribution >= 0.6 is 0 Å². The summed E-state index contributed by atoms with van der Waals surface area (Å²) in [5, 5.41) is 0. The van der Waals surface area contributed by atoms with E-state index in [1.54, 1.807) is 6.07 Å². The summed E-state index contributed by atoms with van der Waals surface area (Å²) in [4.78, 5) is 12.0. The fourth-order valence-corrected chi connectivity index (χ4v) is 3.52. The molecule has 5 heteroatoms. The predicted octanol–water partition coefficient (Wildman–Crippen LogP) is 4.60. The lowest BCUT2D eigenvalue weighted by atomic mass is 9.92. The molecule has 2 aromatic rings. The Morgan fingerprint density at radius 2 is 1.89 bits per heavy atom. The molecule has 1 heterocycles. The van der Waals surface area contributed by atoms with Crippen LogP contribution in [-0.2, 0) is 14.2 Å². The number of methoxy groups -OCH3 is 1. The third kappa shape index (κ3) is 4.21. The summed E-state index contributed by atoms with van der Waals surface area (Å²) in [7, 11) is 1.40. The molecule has 0 spiro atoms. The van der Waals surface area contributed by atoms with Crippen LogP contribution in [0.2, 0.25) is 0 Å². The summed E-state index contributed by atoms with van der Waals surface area (Å²) in [5.74, 6) is -0.0443. The molecule has 3 rings (SSSR count). The van der Waals surface area contributed by atoms with Gasteiger partial charge in [0.05, 0.1) is 19.3 Å². The van der Waals surface area contributed by atoms with Gasteiger partial charge in [0.2, 0.25) is 0 Å². The van der Waals surface area contributed by atoms with Crippen molar-refractivity contribution in [2.75, 3.05) is 20.3 Å². The number of hydrogen-bond donors (Lipinski definition) is 0. The maximum Gasteiger partial charge on any atom is 0.338 e. The Labute approximate surface area is 166 Å². The maximum absolute atomic E-state index is 12.0. The second kappa shape index (κ2) is 7.94. The van der Waals surface area contributed by atoms with Gasteiger partial charge in [0.25, 0.3) is 0 Å². The van der Waals surface area contributed by atoms with E-state index in [0.29, 0.717) is 18.8 Å². The van der Waals surface area contributed by atoms with Crippen molar-refractivity contribution in [3.63, 3.8) is 0 Å². The second-order valence-corrected chi connectivity index (χ2v) is 7.66. The summed E-state index contributed by atoms with van der Waals surface area (Å²) in [6.45, 7) is 10.8. The number of carbonyl (C=O) groups excluding carboxylic acids is 1.